The van der Waals surface area contributed by atoms with E-state index in [2.05, 4.69) is 15.2 Å². The summed E-state index contributed by atoms with van der Waals surface area (Å²) < 4.78 is 7.05. The molecule has 0 radical (unpaired) electrons. The summed E-state index contributed by atoms with van der Waals surface area (Å²) in [5, 5.41) is 8.09. The Morgan fingerprint density at radius 1 is 1.19 bits per heavy atom. The highest BCUT2D eigenvalue weighted by Gasteiger charge is 2.27. The van der Waals surface area contributed by atoms with E-state index in [9.17, 15) is 4.79 Å². The minimum atomic E-state index is -0.0957. The number of aryl methyl sites for hydroxylation is 1. The number of amides is 1. The first-order valence-electron chi connectivity index (χ1n) is 8.58. The van der Waals surface area contributed by atoms with Crippen LogP contribution in [0.15, 0.2) is 41.4 Å². The monoisotopic (exact) mass is 353 g/mol. The van der Waals surface area contributed by atoms with Crippen molar-refractivity contribution in [1.82, 2.24) is 24.8 Å². The topological polar surface area (TPSA) is 77.0 Å². The van der Waals surface area contributed by atoms with Gasteiger partial charge < -0.3 is 9.42 Å². The van der Waals surface area contributed by atoms with Crippen LogP contribution in [0.3, 0.4) is 0 Å². The van der Waals surface area contributed by atoms with Gasteiger partial charge in [-0.2, -0.15) is 5.10 Å². The average Bonchev–Trinajstić information content (AvgIpc) is 3.29. The van der Waals surface area contributed by atoms with E-state index >= 15 is 0 Å². The molecule has 1 amide bonds. The normalized spacial score (nSPS) is 12.4. The van der Waals surface area contributed by atoms with Crippen molar-refractivity contribution in [2.24, 2.45) is 0 Å². The van der Waals surface area contributed by atoms with Crippen molar-refractivity contribution in [2.45, 2.75) is 39.7 Å². The van der Waals surface area contributed by atoms with Gasteiger partial charge in [0.1, 0.15) is 18.2 Å². The lowest BCUT2D eigenvalue weighted by atomic mass is 10.0. The molecule has 3 rings (SSSR count). The van der Waals surface area contributed by atoms with Gasteiger partial charge >= 0.3 is 0 Å². The van der Waals surface area contributed by atoms with Crippen LogP contribution in [-0.2, 0) is 0 Å². The van der Waals surface area contributed by atoms with Crippen LogP contribution in [0.1, 0.15) is 60.1 Å². The fourth-order valence-electron chi connectivity index (χ4n) is 2.86. The van der Waals surface area contributed by atoms with Crippen LogP contribution >= 0.6 is 0 Å². The Bertz CT molecular complexity index is 881. The molecular weight excluding hydrogens is 330 g/mol. The first-order chi connectivity index (χ1) is 12.4. The van der Waals surface area contributed by atoms with Crippen LogP contribution in [0, 0.1) is 6.92 Å². The van der Waals surface area contributed by atoms with E-state index in [-0.39, 0.29) is 17.9 Å². The molecule has 0 aliphatic rings. The fraction of sp³-hybridized carbons (Fsp3) is 0.368. The van der Waals surface area contributed by atoms with Crippen LogP contribution in [0.5, 0.6) is 0 Å². The van der Waals surface area contributed by atoms with E-state index < -0.39 is 0 Å². The molecule has 0 saturated heterocycles. The van der Waals surface area contributed by atoms with E-state index in [1.165, 1.54) is 6.33 Å². The van der Waals surface area contributed by atoms with Gasteiger partial charge in [-0.25, -0.2) is 9.67 Å². The predicted octanol–water partition coefficient (Wildman–Crippen LogP) is 3.52. The zero-order valence-electron chi connectivity index (χ0n) is 15.7. The summed E-state index contributed by atoms with van der Waals surface area (Å²) in [6.45, 7) is 7.78. The summed E-state index contributed by atoms with van der Waals surface area (Å²) in [6.07, 6.45) is 3.15. The van der Waals surface area contributed by atoms with Crippen LogP contribution in [0.4, 0.5) is 0 Å². The molecule has 7 heteroatoms. The molecule has 0 spiro atoms. The van der Waals surface area contributed by atoms with E-state index in [0.29, 0.717) is 17.0 Å². The Morgan fingerprint density at radius 2 is 1.88 bits per heavy atom. The second-order valence-corrected chi connectivity index (χ2v) is 6.69. The van der Waals surface area contributed by atoms with Crippen molar-refractivity contribution >= 4 is 5.91 Å². The molecule has 2 heterocycles. The number of hydrogen-bond donors (Lipinski definition) is 0. The third-order valence-corrected chi connectivity index (χ3v) is 4.59. The minimum Gasteiger partial charge on any atom is -0.360 e. The maximum absolute atomic E-state index is 13.0. The molecular formula is C19H23N5O2. The third-order valence-electron chi connectivity index (χ3n) is 4.59. The van der Waals surface area contributed by atoms with Crippen molar-refractivity contribution in [3.8, 4) is 5.69 Å². The molecule has 0 fully saturated rings. The zero-order valence-corrected chi connectivity index (χ0v) is 15.7. The van der Waals surface area contributed by atoms with Crippen molar-refractivity contribution in [1.29, 1.82) is 0 Å². The van der Waals surface area contributed by atoms with Gasteiger partial charge in [-0.1, -0.05) is 31.1 Å². The molecule has 136 valence electrons. The van der Waals surface area contributed by atoms with Crippen molar-refractivity contribution in [3.63, 3.8) is 0 Å². The minimum absolute atomic E-state index is 0.0831. The molecule has 0 saturated carbocycles. The molecule has 7 nitrogen and oxygen atoms in total. The maximum Gasteiger partial charge on any atom is 0.259 e. The molecule has 3 aromatic rings. The number of hydrogen-bond acceptors (Lipinski definition) is 5. The van der Waals surface area contributed by atoms with E-state index in [0.717, 1.165) is 11.3 Å². The third kappa shape index (κ3) is 3.24. The smallest absolute Gasteiger partial charge is 0.259 e. The SMILES string of the molecule is Cc1noc(C(C)C)c1C(=O)N(C)C(C)c1ccc(-n2cncn2)cc1. The number of carbonyl (C=O) groups excluding carboxylic acids is 1. The summed E-state index contributed by atoms with van der Waals surface area (Å²) in [6, 6.07) is 7.82. The van der Waals surface area contributed by atoms with Gasteiger partial charge in [0.2, 0.25) is 0 Å². The Hall–Kier alpha value is -2.96. The number of nitrogens with zero attached hydrogens (tertiary/aromatic N) is 5. The lowest BCUT2D eigenvalue weighted by Gasteiger charge is -2.25. The Labute approximate surface area is 152 Å². The van der Waals surface area contributed by atoms with Gasteiger partial charge in [-0.15, -0.1) is 0 Å². The maximum atomic E-state index is 13.0. The van der Waals surface area contributed by atoms with Crippen molar-refractivity contribution in [3.05, 3.63) is 59.5 Å². The van der Waals surface area contributed by atoms with E-state index in [1.807, 2.05) is 45.0 Å². The van der Waals surface area contributed by atoms with Gasteiger partial charge in [-0.3, -0.25) is 4.79 Å². The summed E-state index contributed by atoms with van der Waals surface area (Å²) in [5.41, 5.74) is 3.14. The van der Waals surface area contributed by atoms with Crippen LogP contribution in [-0.4, -0.2) is 37.8 Å². The molecule has 0 aliphatic carbocycles. The van der Waals surface area contributed by atoms with Gasteiger partial charge in [-0.05, 0) is 31.5 Å². The fourth-order valence-corrected chi connectivity index (χ4v) is 2.86. The van der Waals surface area contributed by atoms with Crippen LogP contribution in [0.25, 0.3) is 5.69 Å². The molecule has 26 heavy (non-hydrogen) atoms. The summed E-state index contributed by atoms with van der Waals surface area (Å²) in [4.78, 5) is 18.7. The molecule has 1 atom stereocenters. The quantitative estimate of drug-likeness (QED) is 0.701. The van der Waals surface area contributed by atoms with Crippen LogP contribution < -0.4 is 0 Å². The predicted molar refractivity (Wildman–Crippen MR) is 97.2 cm³/mol. The zero-order chi connectivity index (χ0) is 18.8. The molecule has 0 N–H and O–H groups in total. The standard InChI is InChI=1S/C19H23N5O2/c1-12(2)18-17(13(3)22-26-18)19(25)23(5)14(4)15-6-8-16(9-7-15)24-11-20-10-21-24/h6-12,14H,1-5H3. The Balaban J connectivity index is 1.82. The van der Waals surface area contributed by atoms with Gasteiger partial charge in [0.15, 0.2) is 5.76 Å². The van der Waals surface area contributed by atoms with Gasteiger partial charge in [0, 0.05) is 13.0 Å². The molecule has 1 unspecified atom stereocenters. The highest BCUT2D eigenvalue weighted by molar-refractivity contribution is 5.96. The Morgan fingerprint density at radius 3 is 2.46 bits per heavy atom. The number of carbonyl (C=O) groups is 1. The molecule has 0 aliphatic heterocycles. The molecule has 2 aromatic heterocycles. The Kier molecular flexibility index (Phi) is 4.88. The first-order valence-corrected chi connectivity index (χ1v) is 8.58. The summed E-state index contributed by atoms with van der Waals surface area (Å²) in [5.74, 6) is 0.647. The van der Waals surface area contributed by atoms with Gasteiger partial charge in [0.25, 0.3) is 5.91 Å². The largest absolute Gasteiger partial charge is 0.360 e. The molecule has 1 aromatic carbocycles. The van der Waals surface area contributed by atoms with Crippen LogP contribution in [0.2, 0.25) is 0 Å². The van der Waals surface area contributed by atoms with Crippen molar-refractivity contribution < 1.29 is 9.32 Å². The number of aromatic nitrogens is 4. The average molecular weight is 353 g/mol. The highest BCUT2D eigenvalue weighted by Crippen LogP contribution is 2.27. The summed E-state index contributed by atoms with van der Waals surface area (Å²) in [7, 11) is 1.80. The second-order valence-electron chi connectivity index (χ2n) is 6.69. The lowest BCUT2D eigenvalue weighted by Crippen LogP contribution is -2.30. The first kappa shape index (κ1) is 17.8. The van der Waals surface area contributed by atoms with E-state index in [1.54, 1.807) is 29.9 Å². The number of rotatable bonds is 5. The van der Waals surface area contributed by atoms with Gasteiger partial charge in [0.05, 0.1) is 17.4 Å². The lowest BCUT2D eigenvalue weighted by molar-refractivity contribution is 0.0739. The summed E-state index contributed by atoms with van der Waals surface area (Å²) >= 11 is 0. The number of benzene rings is 1. The second kappa shape index (κ2) is 7.11. The highest BCUT2D eigenvalue weighted by atomic mass is 16.5. The van der Waals surface area contributed by atoms with Crippen molar-refractivity contribution in [2.75, 3.05) is 7.05 Å². The van der Waals surface area contributed by atoms with E-state index in [4.69, 9.17) is 4.52 Å². The molecule has 0 bridgehead atoms.